The molecule has 0 bridgehead atoms. The Morgan fingerprint density at radius 2 is 0.689 bits per heavy atom. The van der Waals surface area contributed by atoms with E-state index in [9.17, 15) is 79.0 Å². The third kappa shape index (κ3) is 8.08. The first kappa shape index (κ1) is 35.7. The number of rotatable bonds is 4. The average molecular weight is 676 g/mol. The molecule has 0 aliphatic heterocycles. The molecule has 0 aliphatic rings. The molecule has 0 heterocycles. The molecule has 0 amide bonds. The molecule has 19 heteroatoms. The van der Waals surface area contributed by atoms with Crippen LogP contribution < -0.4 is 10.9 Å². The summed E-state index contributed by atoms with van der Waals surface area (Å²) in [6, 6.07) is 1.95. The largest absolute Gasteiger partial charge is 0.416 e. The van der Waals surface area contributed by atoms with Crippen LogP contribution in [0.25, 0.3) is 6.08 Å². The summed E-state index contributed by atoms with van der Waals surface area (Å²) < 4.78 is 250. The third-order valence-corrected chi connectivity index (χ3v) is 6.14. The van der Waals surface area contributed by atoms with Crippen LogP contribution in [0.2, 0.25) is 0 Å². The second kappa shape index (κ2) is 11.5. The zero-order chi connectivity index (χ0) is 34.6. The maximum Gasteiger partial charge on any atom is 0.416 e. The Labute approximate surface area is 240 Å². The van der Waals surface area contributed by atoms with Gasteiger partial charge in [0, 0.05) is 0 Å². The molecule has 244 valence electrons. The van der Waals surface area contributed by atoms with Crippen LogP contribution in [0.15, 0.2) is 60.6 Å². The van der Waals surface area contributed by atoms with Gasteiger partial charge in [-0.3, -0.25) is 0 Å². The molecule has 0 radical (unpaired) electrons. The lowest BCUT2D eigenvalue weighted by molar-refractivity contribution is -0.149. The summed E-state index contributed by atoms with van der Waals surface area (Å²) in [5.74, 6) is -0.0323. The van der Waals surface area contributed by atoms with Gasteiger partial charge in [-0.15, -0.1) is 5.98 Å². The predicted molar refractivity (Wildman–Crippen MR) is 123 cm³/mol. The van der Waals surface area contributed by atoms with Crippen molar-refractivity contribution in [1.82, 2.24) is 0 Å². The summed E-state index contributed by atoms with van der Waals surface area (Å²) in [7, 11) is 0. The van der Waals surface area contributed by atoms with Crippen molar-refractivity contribution in [1.29, 1.82) is 0 Å². The fourth-order valence-corrected chi connectivity index (χ4v) is 4.35. The molecule has 0 N–H and O–H groups in total. The smallest absolute Gasteiger partial charge is 0.166 e. The van der Waals surface area contributed by atoms with Gasteiger partial charge in [-0.2, -0.15) is 79.0 Å². The molecule has 0 saturated carbocycles. The standard InChI is InChI=1S/C26H11BF18/c28-21(29,30)13-8-15(23(34,35)36)19(16(9-13)24(37,38)39)27(7-6-12-4-2-1-3-5-12)20-17(25(40,41)42)10-14(22(31,32)33)11-18(20)26(43,44)45/h1-11H. The van der Waals surface area contributed by atoms with Crippen LogP contribution in [0.4, 0.5) is 79.0 Å². The summed E-state index contributed by atoms with van der Waals surface area (Å²) in [6.45, 7) is -3.53. The molecular weight excluding hydrogens is 665 g/mol. The maximum atomic E-state index is 14.2. The van der Waals surface area contributed by atoms with Crippen molar-refractivity contribution in [3.05, 3.63) is 99.5 Å². The third-order valence-electron chi connectivity index (χ3n) is 6.14. The minimum atomic E-state index is -6.28. The minimum absolute atomic E-state index is 0.0323. The first-order valence-corrected chi connectivity index (χ1v) is 11.7. The first-order chi connectivity index (χ1) is 20.1. The van der Waals surface area contributed by atoms with Crippen molar-refractivity contribution in [2.24, 2.45) is 0 Å². The highest BCUT2D eigenvalue weighted by molar-refractivity contribution is 6.91. The Balaban J connectivity index is 2.73. The quantitative estimate of drug-likeness (QED) is 0.191. The Hall–Kier alpha value is -3.80. The minimum Gasteiger partial charge on any atom is -0.166 e. The summed E-state index contributed by atoms with van der Waals surface area (Å²) >= 11 is 0. The van der Waals surface area contributed by atoms with E-state index >= 15 is 0 Å². The van der Waals surface area contributed by atoms with Gasteiger partial charge in [0.15, 0.2) is 0 Å². The molecule has 3 aromatic rings. The molecule has 3 rings (SSSR count). The highest BCUT2D eigenvalue weighted by Gasteiger charge is 2.51. The van der Waals surface area contributed by atoms with Crippen LogP contribution in [-0.4, -0.2) is 6.71 Å². The molecular formula is C26H11BF18. The molecule has 0 unspecified atom stereocenters. The molecule has 45 heavy (non-hydrogen) atoms. The van der Waals surface area contributed by atoms with E-state index in [4.69, 9.17) is 0 Å². The van der Waals surface area contributed by atoms with Crippen molar-refractivity contribution in [2.45, 2.75) is 37.1 Å². The van der Waals surface area contributed by atoms with Crippen LogP contribution in [0.1, 0.15) is 38.9 Å². The lowest BCUT2D eigenvalue weighted by atomic mass is 9.37. The number of benzene rings is 3. The van der Waals surface area contributed by atoms with Gasteiger partial charge in [0.2, 0.25) is 6.71 Å². The van der Waals surface area contributed by atoms with Gasteiger partial charge in [-0.25, -0.2) is 0 Å². The number of halogens is 18. The van der Waals surface area contributed by atoms with Crippen molar-refractivity contribution < 1.29 is 79.0 Å². The Morgan fingerprint density at radius 1 is 0.400 bits per heavy atom. The number of alkyl halides is 18. The van der Waals surface area contributed by atoms with Gasteiger partial charge < -0.3 is 0 Å². The maximum absolute atomic E-state index is 14.2. The van der Waals surface area contributed by atoms with Crippen LogP contribution in [0.3, 0.4) is 0 Å². The second-order valence-corrected chi connectivity index (χ2v) is 9.20. The summed E-state index contributed by atoms with van der Waals surface area (Å²) in [6.07, 6.45) is -36.5. The SMILES string of the molecule is FC(F)(F)c1cc(C(F)(F)F)c(B(C=Cc2ccccc2)c2c(C(F)(F)F)cc(C(F)(F)F)cc2C(F)(F)F)c(C(F)(F)F)c1. The van der Waals surface area contributed by atoms with E-state index in [2.05, 4.69) is 0 Å². The van der Waals surface area contributed by atoms with E-state index in [-0.39, 0.29) is 11.5 Å². The Bertz CT molecular complexity index is 1390. The molecule has 0 atom stereocenters. The van der Waals surface area contributed by atoms with E-state index in [1.54, 1.807) is 0 Å². The molecule has 0 fully saturated rings. The van der Waals surface area contributed by atoms with E-state index in [1.165, 1.54) is 18.2 Å². The topological polar surface area (TPSA) is 0 Å². The summed E-state index contributed by atoms with van der Waals surface area (Å²) in [4.78, 5) is 0. The molecule has 0 nitrogen and oxygen atoms in total. The second-order valence-electron chi connectivity index (χ2n) is 9.20. The number of hydrogen-bond donors (Lipinski definition) is 0. The monoisotopic (exact) mass is 676 g/mol. The predicted octanol–water partition coefficient (Wildman–Crippen LogP) is 9.66. The zero-order valence-corrected chi connectivity index (χ0v) is 21.2. The molecule has 0 aliphatic carbocycles. The normalized spacial score (nSPS) is 13.9. The van der Waals surface area contributed by atoms with Gasteiger partial charge >= 0.3 is 37.1 Å². The van der Waals surface area contributed by atoms with E-state index in [0.29, 0.717) is 6.08 Å². The lowest BCUT2D eigenvalue weighted by Gasteiger charge is -2.28. The van der Waals surface area contributed by atoms with Crippen LogP contribution in [0.5, 0.6) is 0 Å². The van der Waals surface area contributed by atoms with Gasteiger partial charge in [0.25, 0.3) is 0 Å². The molecule has 3 aromatic carbocycles. The molecule has 0 saturated heterocycles. The highest BCUT2D eigenvalue weighted by atomic mass is 19.4. The van der Waals surface area contributed by atoms with Crippen molar-refractivity contribution in [3.63, 3.8) is 0 Å². The van der Waals surface area contributed by atoms with E-state index in [1.807, 2.05) is 0 Å². The fraction of sp³-hybridized carbons (Fsp3) is 0.231. The Morgan fingerprint density at radius 3 is 0.933 bits per heavy atom. The number of hydrogen-bond acceptors (Lipinski definition) is 0. The summed E-state index contributed by atoms with van der Waals surface area (Å²) in [5, 5.41) is 0. The van der Waals surface area contributed by atoms with E-state index in [0.717, 1.165) is 12.1 Å². The fourth-order valence-electron chi connectivity index (χ4n) is 4.35. The van der Waals surface area contributed by atoms with Crippen molar-refractivity contribution >= 4 is 23.7 Å². The van der Waals surface area contributed by atoms with Gasteiger partial charge in [-0.1, -0.05) is 36.4 Å². The van der Waals surface area contributed by atoms with Gasteiger partial charge in [-0.05, 0) is 40.8 Å². The Kier molecular flexibility index (Phi) is 9.14. The average Bonchev–Trinajstić information content (AvgIpc) is 2.85. The molecule has 0 spiro atoms. The molecule has 0 aromatic heterocycles. The van der Waals surface area contributed by atoms with Gasteiger partial charge in [0.1, 0.15) is 0 Å². The van der Waals surface area contributed by atoms with Crippen molar-refractivity contribution in [2.75, 3.05) is 0 Å². The highest BCUT2D eigenvalue weighted by Crippen LogP contribution is 2.43. The zero-order valence-electron chi connectivity index (χ0n) is 21.2. The lowest BCUT2D eigenvalue weighted by Crippen LogP contribution is -2.52. The first-order valence-electron chi connectivity index (χ1n) is 11.7. The van der Waals surface area contributed by atoms with Crippen LogP contribution in [0, 0.1) is 0 Å². The van der Waals surface area contributed by atoms with E-state index < -0.39 is 112 Å². The van der Waals surface area contributed by atoms with Crippen LogP contribution >= 0.6 is 0 Å². The van der Waals surface area contributed by atoms with Gasteiger partial charge in [0.05, 0.1) is 33.4 Å². The summed E-state index contributed by atoms with van der Waals surface area (Å²) in [5.41, 5.74) is -22.3. The van der Waals surface area contributed by atoms with Crippen LogP contribution in [-0.2, 0) is 37.1 Å². The van der Waals surface area contributed by atoms with Crippen molar-refractivity contribution in [3.8, 4) is 0 Å².